The van der Waals surface area contributed by atoms with Crippen molar-refractivity contribution >= 4 is 29.1 Å². The van der Waals surface area contributed by atoms with Gasteiger partial charge in [-0.1, -0.05) is 105 Å². The molecule has 0 bridgehead atoms. The zero-order chi connectivity index (χ0) is 24.3. The van der Waals surface area contributed by atoms with E-state index >= 15 is 0 Å². The van der Waals surface area contributed by atoms with Crippen molar-refractivity contribution in [2.45, 2.75) is 0 Å². The van der Waals surface area contributed by atoms with Gasteiger partial charge in [0.15, 0.2) is 0 Å². The van der Waals surface area contributed by atoms with Crippen LogP contribution in [0.1, 0.15) is 0 Å². The summed E-state index contributed by atoms with van der Waals surface area (Å²) in [7, 11) is 0. The molecule has 0 radical (unpaired) electrons. The van der Waals surface area contributed by atoms with Crippen molar-refractivity contribution in [1.29, 1.82) is 0 Å². The van der Waals surface area contributed by atoms with E-state index < -0.39 is 0 Å². The van der Waals surface area contributed by atoms with Crippen LogP contribution in [0.2, 0.25) is 0 Å². The fraction of sp³-hybridized carbons (Fsp3) is 0. The predicted molar refractivity (Wildman–Crippen MR) is 147 cm³/mol. The van der Waals surface area contributed by atoms with Crippen molar-refractivity contribution in [3.05, 3.63) is 122 Å². The normalized spacial score (nSPS) is 12.4. The number of hydrogen-bond donors (Lipinski definition) is 0. The van der Waals surface area contributed by atoms with Crippen LogP contribution in [0.15, 0.2) is 114 Å². The van der Waals surface area contributed by atoms with Crippen molar-refractivity contribution in [1.82, 2.24) is 9.97 Å². The summed E-state index contributed by atoms with van der Waals surface area (Å²) in [6.07, 6.45) is 5.09. The number of fused-ring (bicyclic) bond motifs is 11. The van der Waals surface area contributed by atoms with Gasteiger partial charge in [0, 0.05) is 6.20 Å². The van der Waals surface area contributed by atoms with Gasteiger partial charge in [-0.25, -0.2) is 0 Å². The van der Waals surface area contributed by atoms with Gasteiger partial charge in [-0.05, 0) is 17.4 Å². The van der Waals surface area contributed by atoms with Crippen molar-refractivity contribution in [3.63, 3.8) is 0 Å². The van der Waals surface area contributed by atoms with E-state index in [-0.39, 0.29) is 27.9 Å². The Kier molecular flexibility index (Phi) is 5.42. The first kappa shape index (κ1) is 22.9. The van der Waals surface area contributed by atoms with Crippen LogP contribution >= 0.6 is 0 Å². The molecule has 2 aliphatic heterocycles. The average Bonchev–Trinajstić information content (AvgIpc) is 3.52. The van der Waals surface area contributed by atoms with Gasteiger partial charge in [-0.3, -0.25) is 4.98 Å². The van der Waals surface area contributed by atoms with Gasteiger partial charge in [-0.2, -0.15) is 0 Å². The maximum Gasteiger partial charge on any atom is 2.00 e. The van der Waals surface area contributed by atoms with E-state index in [1.54, 1.807) is 12.5 Å². The quantitative estimate of drug-likeness (QED) is 0.171. The minimum absolute atomic E-state index is 0. The maximum absolute atomic E-state index is 5.64. The molecule has 38 heavy (non-hydrogen) atoms. The molecular weight excluding hydrogens is 648 g/mol. The second-order valence-corrected chi connectivity index (χ2v) is 9.27. The third-order valence-electron chi connectivity index (χ3n) is 7.28. The Bertz CT molecular complexity index is 1800. The maximum atomic E-state index is 5.64. The molecule has 6 aromatic rings. The SMILES string of the molecule is [Pt+2].[c-]1c(-c2ccccn2)ccc2c1N1B(c3ccccc3-2)c2ccccc2-c2ccc(-c3ncco3)[c-]c21. The summed E-state index contributed by atoms with van der Waals surface area (Å²) in [6, 6.07) is 39.3. The second kappa shape index (κ2) is 8.97. The molecule has 4 nitrogen and oxygen atoms in total. The molecule has 4 heterocycles. The summed E-state index contributed by atoms with van der Waals surface area (Å²) >= 11 is 0. The number of nitrogens with zero attached hydrogens (tertiary/aromatic N) is 3. The number of rotatable bonds is 2. The number of benzene rings is 4. The van der Waals surface area contributed by atoms with Crippen LogP contribution in [0.3, 0.4) is 0 Å². The molecule has 0 atom stereocenters. The zero-order valence-corrected chi connectivity index (χ0v) is 22.3. The Morgan fingerprint density at radius 1 is 0.605 bits per heavy atom. The number of oxazole rings is 1. The van der Waals surface area contributed by atoms with E-state index in [4.69, 9.17) is 4.42 Å². The van der Waals surface area contributed by atoms with E-state index in [1.165, 1.54) is 22.1 Å². The molecule has 0 N–H and O–H groups in total. The molecule has 0 spiro atoms. The van der Waals surface area contributed by atoms with E-state index in [1.807, 2.05) is 30.5 Å². The standard InChI is InChI=1S/C32H18BN3O.Pt/c1-3-9-27-23(7-1)25-14-12-21(29-11-5-6-16-34-29)19-30(25)36-31-20-22(32-35-17-18-37-32)13-15-26(31)24-8-2-4-10-28(24)33(27)36;/h1-18H;/q-2;+2. The van der Waals surface area contributed by atoms with Crippen LogP contribution < -0.4 is 15.7 Å². The van der Waals surface area contributed by atoms with Crippen LogP contribution in [0, 0.1) is 12.1 Å². The van der Waals surface area contributed by atoms with Crippen molar-refractivity contribution in [2.24, 2.45) is 0 Å². The van der Waals surface area contributed by atoms with E-state index in [2.05, 4.69) is 93.6 Å². The molecule has 6 heteroatoms. The number of anilines is 2. The van der Waals surface area contributed by atoms with Gasteiger partial charge in [0.05, 0.1) is 12.5 Å². The zero-order valence-electron chi connectivity index (χ0n) is 20.0. The summed E-state index contributed by atoms with van der Waals surface area (Å²) in [5.74, 6) is 0.557. The molecule has 8 rings (SSSR count). The second-order valence-electron chi connectivity index (χ2n) is 9.27. The van der Waals surface area contributed by atoms with Gasteiger partial charge < -0.3 is 14.2 Å². The Hall–Kier alpha value is -4.21. The van der Waals surface area contributed by atoms with E-state index in [0.29, 0.717) is 5.89 Å². The molecule has 0 unspecified atom stereocenters. The molecule has 0 fully saturated rings. The smallest absolute Gasteiger partial charge is 0.489 e. The molecule has 0 aliphatic carbocycles. The Morgan fingerprint density at radius 3 is 1.87 bits per heavy atom. The van der Waals surface area contributed by atoms with Crippen LogP contribution in [-0.4, -0.2) is 16.8 Å². The van der Waals surface area contributed by atoms with Crippen molar-refractivity contribution in [3.8, 4) is 45.0 Å². The van der Waals surface area contributed by atoms with Crippen LogP contribution in [0.5, 0.6) is 0 Å². The summed E-state index contributed by atoms with van der Waals surface area (Å²) in [5, 5.41) is 0. The molecule has 2 aromatic heterocycles. The first-order valence-corrected chi connectivity index (χ1v) is 12.3. The fourth-order valence-corrected chi connectivity index (χ4v) is 5.71. The van der Waals surface area contributed by atoms with Crippen molar-refractivity contribution in [2.75, 3.05) is 4.81 Å². The molecule has 180 valence electrons. The first-order chi connectivity index (χ1) is 18.4. The monoisotopic (exact) mass is 666 g/mol. The summed E-state index contributed by atoms with van der Waals surface area (Å²) in [5.41, 5.74) is 11.9. The van der Waals surface area contributed by atoms with Crippen LogP contribution in [0.25, 0.3) is 45.0 Å². The number of hydrogen-bond acceptors (Lipinski definition) is 4. The Morgan fingerprint density at radius 2 is 1.24 bits per heavy atom. The van der Waals surface area contributed by atoms with Gasteiger partial charge in [0.2, 0.25) is 0 Å². The summed E-state index contributed by atoms with van der Waals surface area (Å²) in [4.78, 5) is 11.4. The Balaban J connectivity index is 0.00000242. The summed E-state index contributed by atoms with van der Waals surface area (Å²) < 4.78 is 5.64. The summed E-state index contributed by atoms with van der Waals surface area (Å²) in [6.45, 7) is -0.0151. The topological polar surface area (TPSA) is 42.2 Å². The predicted octanol–water partition coefficient (Wildman–Crippen LogP) is 5.91. The van der Waals surface area contributed by atoms with Crippen LogP contribution in [-0.2, 0) is 21.1 Å². The molecule has 4 aromatic carbocycles. The number of pyridine rings is 1. The largest absolute Gasteiger partial charge is 2.00 e. The van der Waals surface area contributed by atoms with Crippen molar-refractivity contribution < 1.29 is 25.5 Å². The fourth-order valence-electron chi connectivity index (χ4n) is 5.71. The van der Waals surface area contributed by atoms with Crippen LogP contribution in [0.4, 0.5) is 11.4 Å². The van der Waals surface area contributed by atoms with E-state index in [9.17, 15) is 0 Å². The van der Waals surface area contributed by atoms with Gasteiger partial charge in [0.1, 0.15) is 5.89 Å². The van der Waals surface area contributed by atoms with E-state index in [0.717, 1.165) is 39.3 Å². The van der Waals surface area contributed by atoms with Gasteiger partial charge in [0.25, 0.3) is 0 Å². The van der Waals surface area contributed by atoms with Gasteiger partial charge in [-0.15, -0.1) is 42.0 Å². The molecule has 0 amide bonds. The molecule has 2 aliphatic rings. The third kappa shape index (κ3) is 3.35. The Labute approximate surface area is 235 Å². The molecule has 0 saturated heterocycles. The number of aromatic nitrogens is 2. The molecular formula is C32H18BN3OPt. The third-order valence-corrected chi connectivity index (χ3v) is 7.28. The average molecular weight is 666 g/mol. The van der Waals surface area contributed by atoms with Gasteiger partial charge >= 0.3 is 27.9 Å². The molecule has 0 saturated carbocycles. The first-order valence-electron chi connectivity index (χ1n) is 12.3. The minimum atomic E-state index is -0.0151. The minimum Gasteiger partial charge on any atom is -0.489 e.